The second-order valence-corrected chi connectivity index (χ2v) is 8.32. The summed E-state index contributed by atoms with van der Waals surface area (Å²) in [5, 5.41) is 0. The summed E-state index contributed by atoms with van der Waals surface area (Å²) in [6, 6.07) is 5.59. The van der Waals surface area contributed by atoms with Gasteiger partial charge in [0.1, 0.15) is 5.75 Å². The van der Waals surface area contributed by atoms with Gasteiger partial charge in [-0.05, 0) is 37.5 Å². The Bertz CT molecular complexity index is 786. The number of hydrogen-bond donors (Lipinski definition) is 2. The van der Waals surface area contributed by atoms with E-state index in [1.54, 1.807) is 13.2 Å². The number of nitrogens with one attached hydrogen (secondary N) is 2. The number of hydrogen-bond acceptors (Lipinski definition) is 5. The first-order chi connectivity index (χ1) is 11.8. The van der Waals surface area contributed by atoms with Crippen molar-refractivity contribution in [1.29, 1.82) is 0 Å². The van der Waals surface area contributed by atoms with E-state index < -0.39 is 21.7 Å². The number of amides is 2. The van der Waals surface area contributed by atoms with Crippen LogP contribution in [0.2, 0.25) is 0 Å². The lowest BCUT2D eigenvalue weighted by Gasteiger charge is -2.09. The summed E-state index contributed by atoms with van der Waals surface area (Å²) in [7, 11) is -1.47. The van der Waals surface area contributed by atoms with E-state index in [-0.39, 0.29) is 23.8 Å². The molecule has 0 aromatic heterocycles. The van der Waals surface area contributed by atoms with Crippen molar-refractivity contribution in [2.75, 3.05) is 18.6 Å². The quantitative estimate of drug-likeness (QED) is 0.598. The normalized spacial score (nSPS) is 18.9. The van der Waals surface area contributed by atoms with Crippen LogP contribution in [0, 0.1) is 12.8 Å². The highest BCUT2D eigenvalue weighted by Gasteiger charge is 2.29. The number of carbonyl (C=O) groups excluding carboxylic acids is 2. The van der Waals surface area contributed by atoms with E-state index in [9.17, 15) is 18.0 Å². The lowest BCUT2D eigenvalue weighted by molar-refractivity contribution is -0.127. The molecule has 7 nitrogen and oxygen atoms in total. The summed E-state index contributed by atoms with van der Waals surface area (Å²) in [6.07, 6.45) is 3.44. The topological polar surface area (TPSA) is 102 Å². The molecule has 0 aliphatic carbocycles. The van der Waals surface area contributed by atoms with E-state index in [0.717, 1.165) is 11.1 Å². The SMILES string of the molecule is COc1ccc(C)cc1/C=C/C(=O)NNC(=O)C[C@H]1CCS(=O)(=O)C1. The number of hydrazine groups is 1. The van der Waals surface area contributed by atoms with E-state index >= 15 is 0 Å². The predicted molar refractivity (Wildman–Crippen MR) is 94.4 cm³/mol. The van der Waals surface area contributed by atoms with Crippen molar-refractivity contribution in [3.63, 3.8) is 0 Å². The van der Waals surface area contributed by atoms with Crippen molar-refractivity contribution in [1.82, 2.24) is 10.9 Å². The molecule has 1 aromatic carbocycles. The van der Waals surface area contributed by atoms with Gasteiger partial charge in [-0.15, -0.1) is 0 Å². The zero-order valence-electron chi connectivity index (χ0n) is 14.2. The van der Waals surface area contributed by atoms with Crippen LogP contribution in [0.1, 0.15) is 24.0 Å². The molecule has 2 N–H and O–H groups in total. The monoisotopic (exact) mass is 366 g/mol. The molecule has 0 unspecified atom stereocenters. The van der Waals surface area contributed by atoms with Crippen LogP contribution in [0.3, 0.4) is 0 Å². The van der Waals surface area contributed by atoms with Crippen LogP contribution in [0.25, 0.3) is 6.08 Å². The maximum Gasteiger partial charge on any atom is 0.262 e. The van der Waals surface area contributed by atoms with Gasteiger partial charge >= 0.3 is 0 Å². The molecule has 0 saturated carbocycles. The smallest absolute Gasteiger partial charge is 0.262 e. The molecule has 25 heavy (non-hydrogen) atoms. The first-order valence-corrected chi connectivity index (χ1v) is 9.73. The molecule has 2 rings (SSSR count). The Morgan fingerprint density at radius 2 is 2.08 bits per heavy atom. The van der Waals surface area contributed by atoms with Gasteiger partial charge in [-0.1, -0.05) is 11.6 Å². The molecule has 0 radical (unpaired) electrons. The Morgan fingerprint density at radius 1 is 1.32 bits per heavy atom. The summed E-state index contributed by atoms with van der Waals surface area (Å²) >= 11 is 0. The second kappa shape index (κ2) is 8.15. The Labute approximate surface area is 147 Å². The number of sulfone groups is 1. The van der Waals surface area contributed by atoms with E-state index in [2.05, 4.69) is 10.9 Å². The zero-order chi connectivity index (χ0) is 18.4. The van der Waals surface area contributed by atoms with Crippen molar-refractivity contribution in [3.05, 3.63) is 35.4 Å². The molecular formula is C17H22N2O5S. The van der Waals surface area contributed by atoms with Crippen molar-refractivity contribution >= 4 is 27.7 Å². The Hall–Kier alpha value is -2.35. The number of methoxy groups -OCH3 is 1. The van der Waals surface area contributed by atoms with Gasteiger partial charge in [0.2, 0.25) is 5.91 Å². The van der Waals surface area contributed by atoms with Gasteiger partial charge in [0, 0.05) is 18.1 Å². The summed E-state index contributed by atoms with van der Waals surface area (Å²) in [4.78, 5) is 23.6. The van der Waals surface area contributed by atoms with Gasteiger partial charge in [-0.25, -0.2) is 8.42 Å². The van der Waals surface area contributed by atoms with Crippen LogP contribution < -0.4 is 15.6 Å². The Balaban J connectivity index is 1.82. The average molecular weight is 366 g/mol. The summed E-state index contributed by atoms with van der Waals surface area (Å²) in [5.74, 6) is -0.289. The molecular weight excluding hydrogens is 344 g/mol. The number of carbonyl (C=O) groups is 2. The molecule has 1 aliphatic heterocycles. The molecule has 1 heterocycles. The van der Waals surface area contributed by atoms with Gasteiger partial charge in [0.05, 0.1) is 18.6 Å². The summed E-state index contributed by atoms with van der Waals surface area (Å²) in [6.45, 7) is 1.93. The molecule has 136 valence electrons. The Kier molecular flexibility index (Phi) is 6.19. The van der Waals surface area contributed by atoms with E-state index in [1.165, 1.54) is 6.08 Å². The van der Waals surface area contributed by atoms with Crippen molar-refractivity contribution in [3.8, 4) is 5.75 Å². The first kappa shape index (κ1) is 19.0. The number of benzene rings is 1. The fourth-order valence-corrected chi connectivity index (χ4v) is 4.53. The minimum atomic E-state index is -3.01. The minimum Gasteiger partial charge on any atom is -0.496 e. The third-order valence-electron chi connectivity index (χ3n) is 3.93. The number of aryl methyl sites for hydroxylation is 1. The van der Waals surface area contributed by atoms with Crippen molar-refractivity contribution in [2.45, 2.75) is 19.8 Å². The molecule has 1 atom stereocenters. The average Bonchev–Trinajstić information content (AvgIpc) is 2.89. The van der Waals surface area contributed by atoms with E-state index in [0.29, 0.717) is 12.2 Å². The maximum atomic E-state index is 11.8. The van der Waals surface area contributed by atoms with Crippen LogP contribution in [0.15, 0.2) is 24.3 Å². The van der Waals surface area contributed by atoms with Crippen LogP contribution >= 0.6 is 0 Å². The van der Waals surface area contributed by atoms with Crippen LogP contribution in [0.4, 0.5) is 0 Å². The number of ether oxygens (including phenoxy) is 1. The van der Waals surface area contributed by atoms with Gasteiger partial charge < -0.3 is 4.74 Å². The molecule has 1 aliphatic rings. The third-order valence-corrected chi connectivity index (χ3v) is 5.76. The third kappa shape index (κ3) is 5.90. The predicted octanol–water partition coefficient (Wildman–Crippen LogP) is 0.989. The molecule has 0 bridgehead atoms. The fraction of sp³-hybridized carbons (Fsp3) is 0.412. The van der Waals surface area contributed by atoms with Crippen LogP contribution in [0.5, 0.6) is 5.75 Å². The van der Waals surface area contributed by atoms with Gasteiger partial charge in [-0.2, -0.15) is 0 Å². The van der Waals surface area contributed by atoms with Crippen LogP contribution in [-0.2, 0) is 19.4 Å². The summed E-state index contributed by atoms with van der Waals surface area (Å²) < 4.78 is 27.9. The van der Waals surface area contributed by atoms with Gasteiger partial charge in [0.15, 0.2) is 9.84 Å². The highest BCUT2D eigenvalue weighted by Crippen LogP contribution is 2.21. The fourth-order valence-electron chi connectivity index (χ4n) is 2.67. The molecule has 1 saturated heterocycles. The maximum absolute atomic E-state index is 11.8. The van der Waals surface area contributed by atoms with Gasteiger partial charge in [0.25, 0.3) is 5.91 Å². The number of rotatable bonds is 5. The molecule has 0 spiro atoms. The highest BCUT2D eigenvalue weighted by molar-refractivity contribution is 7.91. The Morgan fingerprint density at radius 3 is 2.72 bits per heavy atom. The van der Waals surface area contributed by atoms with Crippen molar-refractivity contribution in [2.24, 2.45) is 5.92 Å². The standard InChI is InChI=1S/C17H22N2O5S/c1-12-3-5-15(24-2)14(9-12)4-6-16(20)18-19-17(21)10-13-7-8-25(22,23)11-13/h3-6,9,13H,7-8,10-11H2,1-2H3,(H,18,20)(H,19,21)/b6-4+/t13-/m1/s1. The second-order valence-electron chi connectivity index (χ2n) is 6.09. The summed E-state index contributed by atoms with van der Waals surface area (Å²) in [5.41, 5.74) is 6.36. The first-order valence-electron chi connectivity index (χ1n) is 7.91. The lowest BCUT2D eigenvalue weighted by Crippen LogP contribution is -2.41. The molecule has 8 heteroatoms. The molecule has 1 fully saturated rings. The lowest BCUT2D eigenvalue weighted by atomic mass is 10.1. The highest BCUT2D eigenvalue weighted by atomic mass is 32.2. The van der Waals surface area contributed by atoms with Gasteiger partial charge in [-0.3, -0.25) is 20.4 Å². The molecule has 2 amide bonds. The largest absolute Gasteiger partial charge is 0.496 e. The molecule has 1 aromatic rings. The van der Waals surface area contributed by atoms with Crippen molar-refractivity contribution < 1.29 is 22.7 Å². The van der Waals surface area contributed by atoms with E-state index in [4.69, 9.17) is 4.74 Å². The minimum absolute atomic E-state index is 0.0292. The van der Waals surface area contributed by atoms with E-state index in [1.807, 2.05) is 25.1 Å². The van der Waals surface area contributed by atoms with Crippen LogP contribution in [-0.4, -0.2) is 38.8 Å². The zero-order valence-corrected chi connectivity index (χ0v) is 15.1.